The van der Waals surface area contributed by atoms with E-state index in [9.17, 15) is 18.0 Å². The Bertz CT molecular complexity index is 481. The number of nitrogens with one attached hydrogen (secondary N) is 2. The molecule has 0 aliphatic rings. The minimum absolute atomic E-state index is 0.0332. The second-order valence-electron chi connectivity index (χ2n) is 3.94. The second kappa shape index (κ2) is 7.62. The van der Waals surface area contributed by atoms with Gasteiger partial charge < -0.3 is 10.1 Å². The summed E-state index contributed by atoms with van der Waals surface area (Å²) >= 11 is 0. The molecule has 0 radical (unpaired) electrons. The number of anilines is 2. The van der Waals surface area contributed by atoms with Crippen LogP contribution in [0, 0.1) is 0 Å². The molecule has 0 bridgehead atoms. The zero-order chi connectivity index (χ0) is 15.9. The van der Waals surface area contributed by atoms with Gasteiger partial charge >= 0.3 is 12.1 Å². The Kier molecular flexibility index (Phi) is 6.15. The Morgan fingerprint density at radius 1 is 1.43 bits per heavy atom. The van der Waals surface area contributed by atoms with Gasteiger partial charge in [-0.05, 0) is 13.3 Å². The number of nitrogen functional groups attached to an aromatic ring is 1. The average molecular weight is 307 g/mol. The number of nitrogens with two attached hydrogens (primary N) is 1. The molecule has 0 aliphatic heterocycles. The number of ether oxygens (including phenoxy) is 1. The average Bonchev–Trinajstić information content (AvgIpc) is 2.42. The number of esters is 1. The number of aromatic nitrogens is 2. The van der Waals surface area contributed by atoms with E-state index in [4.69, 9.17) is 10.6 Å². The number of hydrogen-bond donors (Lipinski definition) is 3. The van der Waals surface area contributed by atoms with Crippen molar-refractivity contribution in [1.82, 2.24) is 9.97 Å². The lowest BCUT2D eigenvalue weighted by molar-refractivity contribution is -0.143. The van der Waals surface area contributed by atoms with Crippen molar-refractivity contribution in [3.8, 4) is 0 Å². The molecule has 0 spiro atoms. The molecule has 4 N–H and O–H groups in total. The summed E-state index contributed by atoms with van der Waals surface area (Å²) in [6.45, 7) is 2.24. The van der Waals surface area contributed by atoms with Gasteiger partial charge in [0.25, 0.3) is 0 Å². The first-order chi connectivity index (χ1) is 9.86. The number of halogens is 3. The molecule has 1 aromatic rings. The molecule has 0 aromatic carbocycles. The van der Waals surface area contributed by atoms with E-state index in [1.54, 1.807) is 6.92 Å². The van der Waals surface area contributed by atoms with E-state index >= 15 is 0 Å². The number of nitrogens with zero attached hydrogens (tertiary/aromatic N) is 2. The predicted octanol–water partition coefficient (Wildman–Crippen LogP) is 1.54. The van der Waals surface area contributed by atoms with Crippen LogP contribution >= 0.6 is 0 Å². The van der Waals surface area contributed by atoms with Crippen molar-refractivity contribution in [3.63, 3.8) is 0 Å². The summed E-state index contributed by atoms with van der Waals surface area (Å²) in [5, 5.41) is 2.67. The van der Waals surface area contributed by atoms with E-state index in [-0.39, 0.29) is 30.7 Å². The standard InChI is InChI=1S/C11H16F3N5O2/c1-2-21-9(20)4-3-5-16-8-6-7(11(12,13)14)17-10(18-8)19-15/h6H,2-5,15H2,1H3,(H2,16,17,18,19). The van der Waals surface area contributed by atoms with Crippen LogP contribution in [0.15, 0.2) is 6.07 Å². The lowest BCUT2D eigenvalue weighted by Crippen LogP contribution is -2.17. The number of carbonyl (C=O) groups excluding carboxylic acids is 1. The number of alkyl halides is 3. The molecule has 0 aliphatic carbocycles. The highest BCUT2D eigenvalue weighted by Crippen LogP contribution is 2.29. The molecular formula is C11H16F3N5O2. The summed E-state index contributed by atoms with van der Waals surface area (Å²) in [5.74, 6) is 4.29. The maximum Gasteiger partial charge on any atom is 0.433 e. The molecular weight excluding hydrogens is 291 g/mol. The van der Waals surface area contributed by atoms with Gasteiger partial charge in [0.15, 0.2) is 5.69 Å². The van der Waals surface area contributed by atoms with Crippen LogP contribution in [0.25, 0.3) is 0 Å². The predicted molar refractivity (Wildman–Crippen MR) is 69.2 cm³/mol. The van der Waals surface area contributed by atoms with Gasteiger partial charge in [-0.1, -0.05) is 0 Å². The minimum Gasteiger partial charge on any atom is -0.466 e. The van der Waals surface area contributed by atoms with Crippen molar-refractivity contribution >= 4 is 17.7 Å². The molecule has 1 aromatic heterocycles. The van der Waals surface area contributed by atoms with Crippen LogP contribution in [-0.2, 0) is 15.7 Å². The van der Waals surface area contributed by atoms with Crippen LogP contribution in [-0.4, -0.2) is 29.1 Å². The third-order valence-electron chi connectivity index (χ3n) is 2.31. The molecule has 118 valence electrons. The quantitative estimate of drug-likeness (QED) is 0.304. The van der Waals surface area contributed by atoms with E-state index in [2.05, 4.69) is 15.3 Å². The molecule has 0 unspecified atom stereocenters. The Balaban J connectivity index is 2.60. The first-order valence-electron chi connectivity index (χ1n) is 6.19. The first kappa shape index (κ1) is 17.0. The van der Waals surface area contributed by atoms with Crippen molar-refractivity contribution in [2.24, 2.45) is 5.84 Å². The number of hydrazine groups is 1. The van der Waals surface area contributed by atoms with E-state index in [1.165, 1.54) is 0 Å². The molecule has 1 heterocycles. The number of carbonyl (C=O) groups is 1. The molecule has 1 rings (SSSR count). The largest absolute Gasteiger partial charge is 0.466 e. The summed E-state index contributed by atoms with van der Waals surface area (Å²) < 4.78 is 42.6. The van der Waals surface area contributed by atoms with Crippen molar-refractivity contribution < 1.29 is 22.7 Å². The van der Waals surface area contributed by atoms with Crippen molar-refractivity contribution in [3.05, 3.63) is 11.8 Å². The van der Waals surface area contributed by atoms with Gasteiger partial charge in [-0.2, -0.15) is 18.2 Å². The van der Waals surface area contributed by atoms with E-state index in [0.29, 0.717) is 13.0 Å². The van der Waals surface area contributed by atoms with Gasteiger partial charge in [0.1, 0.15) is 5.82 Å². The topological polar surface area (TPSA) is 102 Å². The van der Waals surface area contributed by atoms with Crippen LogP contribution in [0.4, 0.5) is 24.9 Å². The van der Waals surface area contributed by atoms with Crippen molar-refractivity contribution in [2.45, 2.75) is 25.9 Å². The minimum atomic E-state index is -4.60. The maximum absolute atomic E-state index is 12.6. The zero-order valence-corrected chi connectivity index (χ0v) is 11.3. The molecule has 7 nitrogen and oxygen atoms in total. The fraction of sp³-hybridized carbons (Fsp3) is 0.545. The van der Waals surface area contributed by atoms with E-state index < -0.39 is 11.9 Å². The highest BCUT2D eigenvalue weighted by Gasteiger charge is 2.33. The summed E-state index contributed by atoms with van der Waals surface area (Å²) in [6, 6.07) is 0.769. The fourth-order valence-corrected chi connectivity index (χ4v) is 1.43. The Morgan fingerprint density at radius 3 is 2.71 bits per heavy atom. The van der Waals surface area contributed by atoms with Gasteiger partial charge in [-0.3, -0.25) is 10.2 Å². The Labute approximate surface area is 119 Å². The third kappa shape index (κ3) is 5.81. The smallest absolute Gasteiger partial charge is 0.433 e. The summed E-state index contributed by atoms with van der Waals surface area (Å²) in [5.41, 5.74) is 0.856. The summed E-state index contributed by atoms with van der Waals surface area (Å²) in [7, 11) is 0. The molecule has 0 atom stereocenters. The molecule has 21 heavy (non-hydrogen) atoms. The van der Waals surface area contributed by atoms with Gasteiger partial charge in [-0.25, -0.2) is 10.8 Å². The fourth-order valence-electron chi connectivity index (χ4n) is 1.43. The van der Waals surface area contributed by atoms with Crippen LogP contribution in [0.1, 0.15) is 25.5 Å². The number of rotatable bonds is 7. The molecule has 0 saturated carbocycles. The van der Waals surface area contributed by atoms with Crippen LogP contribution < -0.4 is 16.6 Å². The maximum atomic E-state index is 12.6. The van der Waals surface area contributed by atoms with Crippen molar-refractivity contribution in [1.29, 1.82) is 0 Å². The second-order valence-corrected chi connectivity index (χ2v) is 3.94. The van der Waals surface area contributed by atoms with Crippen LogP contribution in [0.5, 0.6) is 0 Å². The number of hydrogen-bond acceptors (Lipinski definition) is 7. The summed E-state index contributed by atoms with van der Waals surface area (Å²) in [4.78, 5) is 18.1. The Hall–Kier alpha value is -2.10. The SMILES string of the molecule is CCOC(=O)CCCNc1cc(C(F)(F)F)nc(NN)n1. The lowest BCUT2D eigenvalue weighted by atomic mass is 10.3. The van der Waals surface area contributed by atoms with Gasteiger partial charge in [-0.15, -0.1) is 0 Å². The third-order valence-corrected chi connectivity index (χ3v) is 2.31. The molecule has 0 fully saturated rings. The lowest BCUT2D eigenvalue weighted by Gasteiger charge is -2.11. The van der Waals surface area contributed by atoms with Crippen LogP contribution in [0.3, 0.4) is 0 Å². The van der Waals surface area contributed by atoms with E-state index in [0.717, 1.165) is 6.07 Å². The summed E-state index contributed by atoms with van der Waals surface area (Å²) in [6.07, 6.45) is -4.04. The van der Waals surface area contributed by atoms with Gasteiger partial charge in [0, 0.05) is 19.0 Å². The van der Waals surface area contributed by atoms with Gasteiger partial charge in [0.05, 0.1) is 6.61 Å². The molecule has 0 saturated heterocycles. The van der Waals surface area contributed by atoms with Crippen LogP contribution in [0.2, 0.25) is 0 Å². The Morgan fingerprint density at radius 2 is 2.14 bits per heavy atom. The molecule has 0 amide bonds. The zero-order valence-electron chi connectivity index (χ0n) is 11.3. The highest BCUT2D eigenvalue weighted by molar-refractivity contribution is 5.69. The molecule has 10 heteroatoms. The highest BCUT2D eigenvalue weighted by atomic mass is 19.4. The van der Waals surface area contributed by atoms with Gasteiger partial charge in [0.2, 0.25) is 5.95 Å². The van der Waals surface area contributed by atoms with Crippen molar-refractivity contribution in [2.75, 3.05) is 23.9 Å². The first-order valence-corrected chi connectivity index (χ1v) is 6.19. The monoisotopic (exact) mass is 307 g/mol. The normalized spacial score (nSPS) is 11.1. The van der Waals surface area contributed by atoms with E-state index in [1.807, 2.05) is 5.43 Å².